The van der Waals surface area contributed by atoms with E-state index in [1.807, 2.05) is 168 Å². The van der Waals surface area contributed by atoms with E-state index in [1.165, 1.54) is 50.6 Å². The van der Waals surface area contributed by atoms with Gasteiger partial charge in [-0.25, -0.2) is 4.79 Å². The predicted octanol–water partition coefficient (Wildman–Crippen LogP) is 21.7. The molecule has 0 saturated carbocycles. The number of carbonyl (C=O) groups excluding carboxylic acids is 2. The number of nitrogens with one attached hydrogen (secondary N) is 1. The van der Waals surface area contributed by atoms with Crippen molar-refractivity contribution in [1.82, 2.24) is 28.5 Å². The van der Waals surface area contributed by atoms with Crippen molar-refractivity contribution < 1.29 is 69.5 Å². The number of nitriles is 2. The van der Waals surface area contributed by atoms with Crippen LogP contribution in [0.1, 0.15) is 56.5 Å². The van der Waals surface area contributed by atoms with Crippen LogP contribution in [0.25, 0.3) is 66.4 Å². The maximum absolute atomic E-state index is 13.0. The molecule has 6 heterocycles. The number of rotatable bonds is 24. The number of alkyl carbamates (subject to hydrolysis) is 1. The molecule has 18 rings (SSSR count). The van der Waals surface area contributed by atoms with Gasteiger partial charge in [-0.3, -0.25) is 4.79 Å². The Kier molecular flexibility index (Phi) is 27.0. The zero-order valence-electron chi connectivity index (χ0n) is 69.2. The standard InChI is InChI=1S/C28H29N3O3.C27H19F3N2O3.C25H20F3N3O2.C22H20N2O/c1-30(2)15-14-21-18-31(23-9-11-25(12-10-23)34-24-6-4-3-5-7-24)27-13-8-20(17-26(21)27)16-22-19-33-28(32)29-22;28-27(29,30)24-10-9-22(13-18(24)14-31)35-21-7-5-20(6-8-21)32-15-19(11-17-12-26(33)34-16-17)23-3-1-2-4-25(23)32;26-25(27,28)23-10-9-21(12-16(23)13-29)33-20-7-5-19(6-8-20)31-14-17(11-18(30)15-32)22-3-1-2-4-24(22)31;23-15-14-17-16-24(22-9-5-4-8-21(17)22)18-10-12-20(13-11-18)25-19-6-2-1-3-7-19/h3-13,17-18,22H,14-16,19H2,1-2H3,(H,29,32);1-10,13,15,17H,11-12,16H2;1-10,12,14,18,32H,11,15,30H2;1-13,16H,14-15,23H2/t22-;17-;18-;/m011./s1. The van der Waals surface area contributed by atoms with E-state index in [1.54, 1.807) is 36.4 Å². The lowest BCUT2D eigenvalue weighted by molar-refractivity contribution is -0.138. The number of cyclic esters (lactones) is 2. The third kappa shape index (κ3) is 21.3. The zero-order valence-corrected chi connectivity index (χ0v) is 69.2. The number of nitrogens with two attached hydrogens (primary N) is 2. The maximum atomic E-state index is 13.0. The van der Waals surface area contributed by atoms with E-state index in [9.17, 15) is 41.0 Å². The third-order valence-corrected chi connectivity index (χ3v) is 21.7. The number of ether oxygens (including phenoxy) is 6. The lowest BCUT2D eigenvalue weighted by atomic mass is 9.98. The average molecular weight is 1710 g/mol. The molecular weight excluding hydrogens is 1620 g/mol. The Morgan fingerprint density at radius 2 is 0.843 bits per heavy atom. The number of likely N-dealkylation sites (N-methyl/N-ethyl adjacent to an activating group) is 1. The lowest BCUT2D eigenvalue weighted by Crippen LogP contribution is -2.28. The number of aliphatic hydroxyl groups excluding tert-OH is 1. The minimum Gasteiger partial charge on any atom is -0.465 e. The highest BCUT2D eigenvalue weighted by Crippen LogP contribution is 2.40. The van der Waals surface area contributed by atoms with Crippen molar-refractivity contribution in [2.75, 3.05) is 47.0 Å². The van der Waals surface area contributed by atoms with Gasteiger partial charge in [0.15, 0.2) is 0 Å². The van der Waals surface area contributed by atoms with E-state index in [0.717, 1.165) is 135 Å². The number of para-hydroxylation sites is 5. The fraction of sp³-hybridized carbons (Fsp3) is 0.176. The highest BCUT2D eigenvalue weighted by Gasteiger charge is 2.35. The number of aromatic nitrogens is 4. The molecule has 642 valence electrons. The molecule has 12 aromatic carbocycles. The molecule has 3 atom stereocenters. The number of nitrogens with zero attached hydrogens (tertiary/aromatic N) is 7. The fourth-order valence-corrected chi connectivity index (χ4v) is 15.5. The van der Waals surface area contributed by atoms with Crippen molar-refractivity contribution in [3.8, 4) is 80.9 Å². The molecule has 0 bridgehead atoms. The molecular formula is C102H88F6N10O9. The number of halogens is 6. The van der Waals surface area contributed by atoms with Crippen LogP contribution in [0, 0.1) is 28.6 Å². The molecule has 2 fully saturated rings. The van der Waals surface area contributed by atoms with E-state index in [4.69, 9.17) is 50.4 Å². The molecule has 127 heavy (non-hydrogen) atoms. The van der Waals surface area contributed by atoms with Crippen LogP contribution < -0.4 is 35.7 Å². The molecule has 1 amide bonds. The monoisotopic (exact) mass is 1710 g/mol. The summed E-state index contributed by atoms with van der Waals surface area (Å²) in [6.45, 7) is 2.37. The predicted molar refractivity (Wildman–Crippen MR) is 477 cm³/mol. The highest BCUT2D eigenvalue weighted by atomic mass is 19.4. The second-order valence-corrected chi connectivity index (χ2v) is 31.0. The van der Waals surface area contributed by atoms with Gasteiger partial charge in [0.25, 0.3) is 0 Å². The summed E-state index contributed by atoms with van der Waals surface area (Å²) >= 11 is 0. The summed E-state index contributed by atoms with van der Waals surface area (Å²) < 4.78 is 120. The van der Waals surface area contributed by atoms with E-state index in [-0.39, 0.29) is 48.2 Å². The van der Waals surface area contributed by atoms with Crippen LogP contribution in [-0.4, -0.2) is 99.4 Å². The third-order valence-electron chi connectivity index (χ3n) is 21.7. The average Bonchev–Trinajstić information content (AvgIpc) is 1.65. The summed E-state index contributed by atoms with van der Waals surface area (Å²) in [5.74, 6) is 4.41. The summed E-state index contributed by atoms with van der Waals surface area (Å²) in [6, 6.07) is 90.1. The Morgan fingerprint density at radius 1 is 0.457 bits per heavy atom. The van der Waals surface area contributed by atoms with Crippen LogP contribution in [0.15, 0.2) is 310 Å². The topological polar surface area (TPSA) is 244 Å². The molecule has 19 nitrogen and oxygen atoms in total. The first-order valence-electron chi connectivity index (χ1n) is 41.2. The Morgan fingerprint density at radius 3 is 1.24 bits per heavy atom. The smallest absolute Gasteiger partial charge is 0.417 e. The Bertz CT molecular complexity index is 6620. The normalized spacial score (nSPS) is 13.9. The lowest BCUT2D eigenvalue weighted by Gasteiger charge is -2.12. The van der Waals surface area contributed by atoms with Crippen LogP contribution >= 0.6 is 0 Å². The molecule has 6 N–H and O–H groups in total. The molecule has 0 aliphatic carbocycles. The second-order valence-electron chi connectivity index (χ2n) is 31.0. The number of amides is 1. The van der Waals surface area contributed by atoms with Gasteiger partial charge in [0.1, 0.15) is 52.6 Å². The van der Waals surface area contributed by atoms with E-state index in [0.29, 0.717) is 44.1 Å². The maximum Gasteiger partial charge on any atom is 0.417 e. The largest absolute Gasteiger partial charge is 0.465 e. The SMILES string of the molecule is CN(C)CCc1cn(-c2ccc(Oc3ccccc3)cc2)c2ccc(C[C@H]3COC(=O)N3)cc12.N#Cc1cc(Oc2ccc(-n3cc(C[C@@H](N)CO)c4ccccc43)cc2)ccc1C(F)(F)F.N#Cc1cc(Oc2ccc(-n3cc(C[C@H]4COC(=O)C4)c4ccccc43)cc2)ccc1C(F)(F)F.NCCc1cn(-c2ccc(Oc3ccccc3)cc2)c2ccccc12. The quantitative estimate of drug-likeness (QED) is 0.0325. The van der Waals surface area contributed by atoms with Crippen molar-refractivity contribution in [1.29, 1.82) is 10.5 Å². The minimum absolute atomic E-state index is 0.0226. The molecule has 0 unspecified atom stereocenters. The molecule has 2 saturated heterocycles. The van der Waals surface area contributed by atoms with Crippen LogP contribution in [0.2, 0.25) is 0 Å². The Hall–Kier alpha value is -14.9. The number of aliphatic hydroxyl groups is 1. The van der Waals surface area contributed by atoms with E-state index >= 15 is 0 Å². The summed E-state index contributed by atoms with van der Waals surface area (Å²) in [7, 11) is 4.19. The number of hydrogen-bond donors (Lipinski definition) is 4. The molecule has 2 aliphatic rings. The van der Waals surface area contributed by atoms with Gasteiger partial charge in [-0.1, -0.05) is 97.1 Å². The number of carbonyl (C=O) groups is 2. The zero-order chi connectivity index (χ0) is 88.7. The summed E-state index contributed by atoms with van der Waals surface area (Å²) in [6.07, 6.45) is 3.18. The number of fused-ring (bicyclic) bond motifs is 4. The van der Waals surface area contributed by atoms with Crippen molar-refractivity contribution in [3.63, 3.8) is 0 Å². The van der Waals surface area contributed by atoms with Crippen molar-refractivity contribution in [3.05, 3.63) is 360 Å². The minimum atomic E-state index is -4.61. The summed E-state index contributed by atoms with van der Waals surface area (Å²) in [5, 5.41) is 35.0. The van der Waals surface area contributed by atoms with Gasteiger partial charge in [0.05, 0.1) is 82.1 Å². The molecule has 2 aliphatic heterocycles. The van der Waals surface area contributed by atoms with Crippen LogP contribution in [-0.2, 0) is 58.7 Å². The van der Waals surface area contributed by atoms with E-state index < -0.39 is 34.6 Å². The number of esters is 1. The number of benzene rings is 12. The van der Waals surface area contributed by atoms with Gasteiger partial charge < -0.3 is 73.5 Å². The summed E-state index contributed by atoms with van der Waals surface area (Å²) in [4.78, 5) is 25.1. The first-order valence-corrected chi connectivity index (χ1v) is 41.2. The molecule has 4 aromatic heterocycles. The van der Waals surface area contributed by atoms with Crippen molar-refractivity contribution in [2.24, 2.45) is 17.4 Å². The van der Waals surface area contributed by atoms with Crippen molar-refractivity contribution in [2.45, 2.75) is 63.0 Å². The fourth-order valence-electron chi connectivity index (χ4n) is 15.5. The van der Waals surface area contributed by atoms with Crippen LogP contribution in [0.3, 0.4) is 0 Å². The van der Waals surface area contributed by atoms with Crippen LogP contribution in [0.4, 0.5) is 31.1 Å². The highest BCUT2D eigenvalue weighted by molar-refractivity contribution is 5.89. The molecule has 0 spiro atoms. The van der Waals surface area contributed by atoms with Gasteiger partial charge in [-0.05, 0) is 269 Å². The van der Waals surface area contributed by atoms with Gasteiger partial charge in [0, 0.05) is 87.6 Å². The molecule has 0 radical (unpaired) electrons. The van der Waals surface area contributed by atoms with Gasteiger partial charge in [0.2, 0.25) is 0 Å². The van der Waals surface area contributed by atoms with Crippen LogP contribution in [0.5, 0.6) is 46.0 Å². The Balaban J connectivity index is 0.000000131. The van der Waals surface area contributed by atoms with E-state index in [2.05, 4.69) is 123 Å². The van der Waals surface area contributed by atoms with Crippen molar-refractivity contribution >= 4 is 55.7 Å². The number of alkyl halides is 6. The molecule has 25 heteroatoms. The first kappa shape index (κ1) is 87.1. The van der Waals surface area contributed by atoms with Gasteiger partial charge in [-0.15, -0.1) is 0 Å². The first-order chi connectivity index (χ1) is 61.5. The summed E-state index contributed by atoms with van der Waals surface area (Å²) in [5.41, 5.74) is 22.9. The molecule has 16 aromatic rings. The number of hydrogen-bond acceptors (Lipinski definition) is 14. The van der Waals surface area contributed by atoms with Gasteiger partial charge >= 0.3 is 24.4 Å². The Labute approximate surface area is 728 Å². The van der Waals surface area contributed by atoms with Gasteiger partial charge in [-0.2, -0.15) is 36.9 Å². The second kappa shape index (κ2) is 39.3.